The van der Waals surface area contributed by atoms with E-state index in [0.717, 1.165) is 16.2 Å². The van der Waals surface area contributed by atoms with E-state index in [9.17, 15) is 13.2 Å². The van der Waals surface area contributed by atoms with E-state index in [4.69, 9.17) is 9.47 Å². The molecular formula is C20H19F3NO3S-. The van der Waals surface area contributed by atoms with Gasteiger partial charge in [-0.25, -0.2) is 0 Å². The summed E-state index contributed by atoms with van der Waals surface area (Å²) in [5.74, 6) is 0.450. The van der Waals surface area contributed by atoms with Gasteiger partial charge in [-0.3, -0.25) is 0 Å². The lowest BCUT2D eigenvalue weighted by atomic mass is 10.0. The van der Waals surface area contributed by atoms with Crippen molar-refractivity contribution in [2.45, 2.75) is 19.8 Å². The van der Waals surface area contributed by atoms with Crippen molar-refractivity contribution in [2.75, 3.05) is 13.7 Å². The lowest BCUT2D eigenvalue weighted by Crippen LogP contribution is -2.19. The van der Waals surface area contributed by atoms with Crippen LogP contribution in [-0.4, -0.2) is 25.0 Å². The van der Waals surface area contributed by atoms with Crippen LogP contribution in [0.25, 0.3) is 0 Å². The van der Waals surface area contributed by atoms with Gasteiger partial charge in [-0.2, -0.15) is 0 Å². The summed E-state index contributed by atoms with van der Waals surface area (Å²) in [6.07, 6.45) is 3.55. The lowest BCUT2D eigenvalue weighted by Gasteiger charge is -2.34. The SMILES string of the molecule is CCO[C-]1C=CC=C(OC)/C1=C1\SC=CN1Cc1ccc(OC(F)(F)F)cc1. The van der Waals surface area contributed by atoms with E-state index < -0.39 is 6.36 Å². The highest BCUT2D eigenvalue weighted by Crippen LogP contribution is 2.41. The number of rotatable bonds is 6. The zero-order valence-electron chi connectivity index (χ0n) is 15.3. The first-order valence-corrected chi connectivity index (χ1v) is 9.41. The first kappa shape index (κ1) is 20.3. The molecule has 1 aromatic carbocycles. The summed E-state index contributed by atoms with van der Waals surface area (Å²) in [7, 11) is 1.60. The standard InChI is InChI=1S/C20H19F3NO3S/c1-3-26-17-6-4-5-16(25-2)18(17)19-24(11-12-28-19)13-14-7-9-15(10-8-14)27-20(21,22)23/h4-12H,3,13H2,1-2H3/q-1/b19-18+. The molecule has 0 spiro atoms. The zero-order chi connectivity index (χ0) is 20.1. The summed E-state index contributed by atoms with van der Waals surface area (Å²) in [5, 5.41) is 2.87. The second kappa shape index (κ2) is 8.70. The van der Waals surface area contributed by atoms with Gasteiger partial charge in [0.1, 0.15) is 5.75 Å². The number of ether oxygens (including phenoxy) is 3. The van der Waals surface area contributed by atoms with Gasteiger partial charge in [0, 0.05) is 30.1 Å². The molecule has 0 N–H and O–H groups in total. The Labute approximate surface area is 165 Å². The minimum Gasteiger partial charge on any atom is -0.540 e. The quantitative estimate of drug-likeness (QED) is 0.579. The first-order chi connectivity index (χ1) is 13.4. The molecule has 4 nitrogen and oxygen atoms in total. The van der Waals surface area contributed by atoms with Gasteiger partial charge < -0.3 is 19.1 Å². The van der Waals surface area contributed by atoms with Crippen LogP contribution in [0.15, 0.2) is 70.5 Å². The number of methoxy groups -OCH3 is 1. The van der Waals surface area contributed by atoms with E-state index in [2.05, 4.69) is 4.74 Å². The third-order valence-corrected chi connectivity index (χ3v) is 4.83. The fourth-order valence-electron chi connectivity index (χ4n) is 2.79. The van der Waals surface area contributed by atoms with Crippen molar-refractivity contribution in [3.8, 4) is 5.75 Å². The molecule has 1 aliphatic heterocycles. The van der Waals surface area contributed by atoms with Crippen molar-refractivity contribution < 1.29 is 27.4 Å². The highest BCUT2D eigenvalue weighted by atomic mass is 32.2. The summed E-state index contributed by atoms with van der Waals surface area (Å²) in [5.41, 5.74) is 1.69. The van der Waals surface area contributed by atoms with Crippen molar-refractivity contribution >= 4 is 11.8 Å². The van der Waals surface area contributed by atoms with Crippen molar-refractivity contribution in [1.29, 1.82) is 0 Å². The molecule has 0 bridgehead atoms. The molecule has 0 amide bonds. The van der Waals surface area contributed by atoms with Crippen LogP contribution >= 0.6 is 11.8 Å². The average molecular weight is 410 g/mol. The Bertz CT molecular complexity index is 813. The molecule has 0 atom stereocenters. The molecule has 28 heavy (non-hydrogen) atoms. The predicted molar refractivity (Wildman–Crippen MR) is 102 cm³/mol. The van der Waals surface area contributed by atoms with E-state index >= 15 is 0 Å². The monoisotopic (exact) mass is 410 g/mol. The van der Waals surface area contributed by atoms with Crippen LogP contribution in [0.5, 0.6) is 5.75 Å². The molecule has 0 fully saturated rings. The third-order valence-electron chi connectivity index (χ3n) is 3.91. The van der Waals surface area contributed by atoms with Gasteiger partial charge >= 0.3 is 6.36 Å². The summed E-state index contributed by atoms with van der Waals surface area (Å²) < 4.78 is 52.1. The molecule has 0 saturated heterocycles. The normalized spacial score (nSPS) is 19.2. The van der Waals surface area contributed by atoms with Crippen molar-refractivity contribution in [3.63, 3.8) is 0 Å². The van der Waals surface area contributed by atoms with Crippen LogP contribution in [0.2, 0.25) is 0 Å². The Morgan fingerprint density at radius 2 is 1.93 bits per heavy atom. The minimum absolute atomic E-state index is 0.241. The van der Waals surface area contributed by atoms with E-state index in [1.807, 2.05) is 41.7 Å². The van der Waals surface area contributed by atoms with Gasteiger partial charge in [0.05, 0.1) is 7.11 Å². The molecule has 8 heteroatoms. The molecule has 0 unspecified atom stereocenters. The molecule has 1 aromatic rings. The maximum atomic E-state index is 12.3. The van der Waals surface area contributed by atoms with E-state index in [1.165, 1.54) is 23.9 Å². The second-order valence-corrected chi connectivity index (χ2v) is 6.69. The molecule has 0 radical (unpaired) electrons. The maximum absolute atomic E-state index is 12.3. The zero-order valence-corrected chi connectivity index (χ0v) is 16.1. The number of alkyl halides is 3. The van der Waals surface area contributed by atoms with Gasteiger partial charge in [0.15, 0.2) is 0 Å². The Balaban J connectivity index is 1.82. The molecule has 2 aliphatic rings. The minimum atomic E-state index is -4.70. The van der Waals surface area contributed by atoms with Gasteiger partial charge in [-0.1, -0.05) is 12.1 Å². The predicted octanol–water partition coefficient (Wildman–Crippen LogP) is 5.49. The Kier molecular flexibility index (Phi) is 6.31. The number of hydrogen-bond donors (Lipinski definition) is 0. The van der Waals surface area contributed by atoms with Crippen LogP contribution in [-0.2, 0) is 16.0 Å². The molecular weight excluding hydrogens is 391 g/mol. The molecule has 0 aromatic heterocycles. The van der Waals surface area contributed by atoms with Crippen molar-refractivity contribution in [3.05, 3.63) is 82.1 Å². The summed E-state index contributed by atoms with van der Waals surface area (Å²) in [4.78, 5) is 2.00. The molecule has 3 rings (SSSR count). The Morgan fingerprint density at radius 3 is 2.57 bits per heavy atom. The number of allylic oxidation sites excluding steroid dienone is 2. The van der Waals surface area contributed by atoms with Crippen LogP contribution in [0.3, 0.4) is 0 Å². The highest BCUT2D eigenvalue weighted by Gasteiger charge is 2.31. The summed E-state index contributed by atoms with van der Waals surface area (Å²) in [6.45, 7) is 2.91. The van der Waals surface area contributed by atoms with Crippen LogP contribution < -0.4 is 4.74 Å². The Morgan fingerprint density at radius 1 is 1.18 bits per heavy atom. The summed E-state index contributed by atoms with van der Waals surface area (Å²) in [6, 6.07) is 5.84. The average Bonchev–Trinajstić information content (AvgIpc) is 3.10. The van der Waals surface area contributed by atoms with Crippen LogP contribution in [0.1, 0.15) is 12.5 Å². The molecule has 1 heterocycles. The Hall–Kier alpha value is -2.45. The largest absolute Gasteiger partial charge is 0.573 e. The number of halogens is 3. The van der Waals surface area contributed by atoms with E-state index in [1.54, 1.807) is 19.2 Å². The third kappa shape index (κ3) is 4.88. The van der Waals surface area contributed by atoms with E-state index in [0.29, 0.717) is 25.0 Å². The number of nitrogens with zero attached hydrogens (tertiary/aromatic N) is 1. The number of thioether (sulfide) groups is 1. The molecule has 0 saturated carbocycles. The second-order valence-electron chi connectivity index (χ2n) is 5.79. The fraction of sp³-hybridized carbons (Fsp3) is 0.250. The highest BCUT2D eigenvalue weighted by molar-refractivity contribution is 8.06. The van der Waals surface area contributed by atoms with Crippen LogP contribution in [0.4, 0.5) is 13.2 Å². The van der Waals surface area contributed by atoms with E-state index in [-0.39, 0.29) is 5.75 Å². The van der Waals surface area contributed by atoms with Crippen molar-refractivity contribution in [1.82, 2.24) is 4.90 Å². The van der Waals surface area contributed by atoms with Gasteiger partial charge in [0.2, 0.25) is 0 Å². The summed E-state index contributed by atoms with van der Waals surface area (Å²) >= 11 is 1.53. The molecule has 150 valence electrons. The topological polar surface area (TPSA) is 30.9 Å². The first-order valence-electron chi connectivity index (χ1n) is 8.53. The maximum Gasteiger partial charge on any atom is 0.573 e. The molecule has 1 aliphatic carbocycles. The lowest BCUT2D eigenvalue weighted by molar-refractivity contribution is -0.274. The van der Waals surface area contributed by atoms with Gasteiger partial charge in [-0.15, -0.1) is 43.2 Å². The smallest absolute Gasteiger partial charge is 0.540 e. The van der Waals surface area contributed by atoms with Crippen LogP contribution in [0, 0.1) is 6.10 Å². The number of hydrogen-bond acceptors (Lipinski definition) is 5. The van der Waals surface area contributed by atoms with Gasteiger partial charge in [0.25, 0.3) is 0 Å². The van der Waals surface area contributed by atoms with Crippen molar-refractivity contribution in [2.24, 2.45) is 0 Å². The van der Waals surface area contributed by atoms with Gasteiger partial charge in [-0.05, 0) is 41.7 Å². The fourth-order valence-corrected chi connectivity index (χ4v) is 3.71. The number of benzene rings is 1.